The van der Waals surface area contributed by atoms with Crippen molar-refractivity contribution < 1.29 is 4.39 Å². The minimum atomic E-state index is -0.270. The second-order valence-electron chi connectivity index (χ2n) is 3.73. The summed E-state index contributed by atoms with van der Waals surface area (Å²) in [4.78, 5) is 0. The van der Waals surface area contributed by atoms with Gasteiger partial charge in [-0.15, -0.1) is 0 Å². The Morgan fingerprint density at radius 2 is 1.59 bits per heavy atom. The maximum atomic E-state index is 12.7. The van der Waals surface area contributed by atoms with Gasteiger partial charge in [0.2, 0.25) is 0 Å². The molecule has 2 N–H and O–H groups in total. The molecule has 0 bridgehead atoms. The molecule has 2 aromatic carbocycles. The predicted octanol–water partition coefficient (Wildman–Crippen LogP) is 3.36. The van der Waals surface area contributed by atoms with Crippen LogP contribution in [0.5, 0.6) is 0 Å². The van der Waals surface area contributed by atoms with E-state index in [-0.39, 0.29) is 5.82 Å². The fourth-order valence-electron chi connectivity index (χ4n) is 1.51. The van der Waals surface area contributed by atoms with Crippen molar-refractivity contribution in [1.82, 2.24) is 0 Å². The first-order valence-electron chi connectivity index (χ1n) is 5.17. The topological polar surface area (TPSA) is 29.3 Å². The average molecular weight is 251 g/mol. The number of anilines is 1. The molecule has 2 aromatic rings. The molecule has 2 nitrogen and oxygen atoms in total. The van der Waals surface area contributed by atoms with Crippen LogP contribution < -0.4 is 10.9 Å². The van der Waals surface area contributed by atoms with Crippen LogP contribution in [0.1, 0.15) is 5.56 Å². The van der Waals surface area contributed by atoms with E-state index < -0.39 is 0 Å². The number of hydrogen-bond acceptors (Lipinski definition) is 2. The van der Waals surface area contributed by atoms with Crippen molar-refractivity contribution >= 4 is 17.3 Å². The van der Waals surface area contributed by atoms with Crippen LogP contribution in [0, 0.1) is 5.82 Å². The molecule has 88 valence electrons. The van der Waals surface area contributed by atoms with E-state index in [2.05, 4.69) is 0 Å². The molecule has 0 amide bonds. The lowest BCUT2D eigenvalue weighted by molar-refractivity contribution is 0.627. The molecular weight excluding hydrogens is 239 g/mol. The van der Waals surface area contributed by atoms with Crippen LogP contribution in [0.3, 0.4) is 0 Å². The third kappa shape index (κ3) is 3.19. The number of halogens is 2. The lowest BCUT2D eigenvalue weighted by Gasteiger charge is -2.18. The summed E-state index contributed by atoms with van der Waals surface area (Å²) in [7, 11) is 0. The summed E-state index contributed by atoms with van der Waals surface area (Å²) < 4.78 is 12.7. The first-order chi connectivity index (χ1) is 8.15. The first-order valence-corrected chi connectivity index (χ1v) is 5.55. The lowest BCUT2D eigenvalue weighted by atomic mass is 10.2. The number of rotatable bonds is 3. The summed E-state index contributed by atoms with van der Waals surface area (Å²) in [6.07, 6.45) is 0. The zero-order chi connectivity index (χ0) is 12.3. The van der Waals surface area contributed by atoms with E-state index in [1.807, 2.05) is 24.3 Å². The molecule has 0 saturated carbocycles. The molecule has 0 aliphatic carbocycles. The van der Waals surface area contributed by atoms with Gasteiger partial charge in [0.25, 0.3) is 0 Å². The Morgan fingerprint density at radius 3 is 2.18 bits per heavy atom. The van der Waals surface area contributed by atoms with Crippen molar-refractivity contribution in [2.45, 2.75) is 6.54 Å². The van der Waals surface area contributed by atoms with E-state index in [1.54, 1.807) is 17.1 Å². The Hall–Kier alpha value is -1.58. The third-order valence-corrected chi connectivity index (χ3v) is 2.68. The Kier molecular flexibility index (Phi) is 3.61. The number of hydrogen-bond donors (Lipinski definition) is 1. The van der Waals surface area contributed by atoms with Crippen molar-refractivity contribution in [2.24, 2.45) is 5.84 Å². The SMILES string of the molecule is NN(Cc1ccc(Cl)cc1)c1ccc(F)cc1. The molecule has 2 rings (SSSR count). The highest BCUT2D eigenvalue weighted by molar-refractivity contribution is 6.30. The van der Waals surface area contributed by atoms with Crippen molar-refractivity contribution in [2.75, 3.05) is 5.01 Å². The van der Waals surface area contributed by atoms with Gasteiger partial charge in [0.1, 0.15) is 5.82 Å². The van der Waals surface area contributed by atoms with Crippen LogP contribution >= 0.6 is 11.6 Å². The second kappa shape index (κ2) is 5.17. The third-order valence-electron chi connectivity index (χ3n) is 2.42. The Labute approximate surface area is 104 Å². The average Bonchev–Trinajstić information content (AvgIpc) is 2.33. The van der Waals surface area contributed by atoms with Gasteiger partial charge in [0.05, 0.1) is 12.2 Å². The van der Waals surface area contributed by atoms with Gasteiger partial charge in [-0.2, -0.15) is 0 Å². The monoisotopic (exact) mass is 250 g/mol. The van der Waals surface area contributed by atoms with Gasteiger partial charge in [-0.05, 0) is 42.0 Å². The van der Waals surface area contributed by atoms with E-state index in [9.17, 15) is 4.39 Å². The molecule has 0 aliphatic heterocycles. The normalized spacial score (nSPS) is 10.3. The first kappa shape index (κ1) is 11.9. The van der Waals surface area contributed by atoms with Gasteiger partial charge in [-0.3, -0.25) is 0 Å². The summed E-state index contributed by atoms with van der Waals surface area (Å²) in [5.74, 6) is 5.62. The van der Waals surface area contributed by atoms with Crippen molar-refractivity contribution in [3.8, 4) is 0 Å². The maximum absolute atomic E-state index is 12.7. The molecule has 0 aromatic heterocycles. The fourth-order valence-corrected chi connectivity index (χ4v) is 1.64. The van der Waals surface area contributed by atoms with Crippen LogP contribution in [0.25, 0.3) is 0 Å². The molecule has 0 fully saturated rings. The lowest BCUT2D eigenvalue weighted by Crippen LogP contribution is -2.29. The molecule has 0 heterocycles. The van der Waals surface area contributed by atoms with Gasteiger partial charge < -0.3 is 5.01 Å². The smallest absolute Gasteiger partial charge is 0.123 e. The Balaban J connectivity index is 2.08. The van der Waals surface area contributed by atoms with Crippen molar-refractivity contribution in [3.63, 3.8) is 0 Å². The zero-order valence-corrected chi connectivity index (χ0v) is 9.86. The van der Waals surface area contributed by atoms with Gasteiger partial charge >= 0.3 is 0 Å². The van der Waals surface area contributed by atoms with E-state index in [1.165, 1.54) is 12.1 Å². The minimum Gasteiger partial charge on any atom is -0.307 e. The van der Waals surface area contributed by atoms with Crippen LogP contribution in [-0.2, 0) is 6.54 Å². The van der Waals surface area contributed by atoms with Gasteiger partial charge in [0.15, 0.2) is 0 Å². The molecule has 0 atom stereocenters. The van der Waals surface area contributed by atoms with Crippen molar-refractivity contribution in [1.29, 1.82) is 0 Å². The largest absolute Gasteiger partial charge is 0.307 e. The summed E-state index contributed by atoms with van der Waals surface area (Å²) in [6.45, 7) is 0.544. The molecule has 17 heavy (non-hydrogen) atoms. The van der Waals surface area contributed by atoms with Crippen LogP contribution in [-0.4, -0.2) is 0 Å². The number of hydrazine groups is 1. The second-order valence-corrected chi connectivity index (χ2v) is 4.17. The van der Waals surface area contributed by atoms with E-state index >= 15 is 0 Å². The standard InChI is InChI=1S/C13H12ClFN2/c14-11-3-1-10(2-4-11)9-17(16)13-7-5-12(15)6-8-13/h1-8H,9,16H2. The quantitative estimate of drug-likeness (QED) is 0.669. The van der Waals surface area contributed by atoms with Gasteiger partial charge in [0, 0.05) is 5.02 Å². The highest BCUT2D eigenvalue weighted by atomic mass is 35.5. The molecule has 0 saturated heterocycles. The molecule has 0 radical (unpaired) electrons. The molecule has 0 aliphatic rings. The Morgan fingerprint density at radius 1 is 1.00 bits per heavy atom. The van der Waals surface area contributed by atoms with E-state index in [4.69, 9.17) is 17.4 Å². The highest BCUT2D eigenvalue weighted by Crippen LogP contribution is 2.16. The van der Waals surface area contributed by atoms with Crippen LogP contribution in [0.4, 0.5) is 10.1 Å². The predicted molar refractivity (Wildman–Crippen MR) is 68.2 cm³/mol. The summed E-state index contributed by atoms with van der Waals surface area (Å²) in [6, 6.07) is 13.5. The number of nitrogens with two attached hydrogens (primary N) is 1. The van der Waals surface area contributed by atoms with Gasteiger partial charge in [-0.1, -0.05) is 23.7 Å². The van der Waals surface area contributed by atoms with E-state index in [0.29, 0.717) is 11.6 Å². The zero-order valence-electron chi connectivity index (χ0n) is 9.11. The summed E-state index contributed by atoms with van der Waals surface area (Å²) in [5, 5.41) is 2.25. The van der Waals surface area contributed by atoms with Crippen molar-refractivity contribution in [3.05, 3.63) is 64.9 Å². The highest BCUT2D eigenvalue weighted by Gasteiger charge is 2.02. The van der Waals surface area contributed by atoms with E-state index in [0.717, 1.165) is 11.3 Å². The molecule has 4 heteroatoms. The number of nitrogens with zero attached hydrogens (tertiary/aromatic N) is 1. The summed E-state index contributed by atoms with van der Waals surface area (Å²) in [5.41, 5.74) is 1.81. The van der Waals surface area contributed by atoms with Crippen LogP contribution in [0.2, 0.25) is 5.02 Å². The molecule has 0 spiro atoms. The fraction of sp³-hybridized carbons (Fsp3) is 0.0769. The summed E-state index contributed by atoms with van der Waals surface area (Å²) >= 11 is 5.80. The number of benzene rings is 2. The molecule has 0 unspecified atom stereocenters. The molecular formula is C13H12ClFN2. The Bertz CT molecular complexity index is 482. The maximum Gasteiger partial charge on any atom is 0.123 e. The van der Waals surface area contributed by atoms with Crippen LogP contribution in [0.15, 0.2) is 48.5 Å². The minimum absolute atomic E-state index is 0.270. The van der Waals surface area contributed by atoms with Gasteiger partial charge in [-0.25, -0.2) is 10.2 Å².